The third kappa shape index (κ3) is 3.09. The van der Waals surface area contributed by atoms with Gasteiger partial charge in [-0.15, -0.1) is 0 Å². The molecule has 2 N–H and O–H groups in total. The van der Waals surface area contributed by atoms with E-state index in [0.29, 0.717) is 11.2 Å². The Kier molecular flexibility index (Phi) is 3.66. The van der Waals surface area contributed by atoms with Crippen LogP contribution in [0.2, 0.25) is 0 Å². The van der Waals surface area contributed by atoms with Crippen LogP contribution in [0.5, 0.6) is 5.75 Å². The van der Waals surface area contributed by atoms with E-state index in [9.17, 15) is 0 Å². The van der Waals surface area contributed by atoms with Gasteiger partial charge in [-0.25, -0.2) is 0 Å². The van der Waals surface area contributed by atoms with Crippen molar-refractivity contribution in [3.63, 3.8) is 0 Å². The minimum absolute atomic E-state index is 0.567. The summed E-state index contributed by atoms with van der Waals surface area (Å²) in [5, 5.41) is 7.03. The lowest BCUT2D eigenvalue weighted by Gasteiger charge is -2.11. The van der Waals surface area contributed by atoms with Gasteiger partial charge in [-0.1, -0.05) is 0 Å². The fourth-order valence-corrected chi connectivity index (χ4v) is 2.01. The lowest BCUT2D eigenvalue weighted by molar-refractivity contribution is 0.412. The maximum atomic E-state index is 5.21. The second-order valence-electron chi connectivity index (χ2n) is 3.72. The van der Waals surface area contributed by atoms with Crippen molar-refractivity contribution in [1.82, 2.24) is 5.32 Å². The third-order valence-electron chi connectivity index (χ3n) is 2.32. The molecule has 0 aliphatic heterocycles. The minimum atomic E-state index is 0.567. The van der Waals surface area contributed by atoms with Gasteiger partial charge in [0.2, 0.25) is 0 Å². The SMILES string of the molecule is COc1cc(NC(=S)NC2CC2)ccc1Br. The van der Waals surface area contributed by atoms with Crippen molar-refractivity contribution >= 4 is 38.9 Å². The third-order valence-corrected chi connectivity index (χ3v) is 3.20. The standard InChI is InChI=1S/C11H13BrN2OS/c1-15-10-6-8(4-5-9(10)12)14-11(16)13-7-2-3-7/h4-7H,2-3H2,1H3,(H2,13,14,16). The van der Waals surface area contributed by atoms with Crippen LogP contribution in [0, 0.1) is 0 Å². The fourth-order valence-electron chi connectivity index (χ4n) is 1.32. The second-order valence-corrected chi connectivity index (χ2v) is 4.98. The predicted molar refractivity (Wildman–Crippen MR) is 73.1 cm³/mol. The van der Waals surface area contributed by atoms with E-state index >= 15 is 0 Å². The van der Waals surface area contributed by atoms with E-state index in [2.05, 4.69) is 26.6 Å². The Balaban J connectivity index is 1.99. The molecule has 0 bridgehead atoms. The largest absolute Gasteiger partial charge is 0.495 e. The highest BCUT2D eigenvalue weighted by Gasteiger charge is 2.21. The summed E-state index contributed by atoms with van der Waals surface area (Å²) in [6.07, 6.45) is 2.43. The van der Waals surface area contributed by atoms with E-state index in [1.165, 1.54) is 12.8 Å². The number of hydrogen-bond acceptors (Lipinski definition) is 2. The molecule has 1 fully saturated rings. The smallest absolute Gasteiger partial charge is 0.170 e. The number of hydrogen-bond donors (Lipinski definition) is 2. The maximum absolute atomic E-state index is 5.21. The molecule has 0 aromatic heterocycles. The van der Waals surface area contributed by atoms with Crippen LogP contribution in [0.15, 0.2) is 22.7 Å². The molecule has 86 valence electrons. The number of ether oxygens (including phenoxy) is 1. The molecule has 16 heavy (non-hydrogen) atoms. The molecular formula is C11H13BrN2OS. The fraction of sp³-hybridized carbons (Fsp3) is 0.364. The van der Waals surface area contributed by atoms with Gasteiger partial charge in [0.05, 0.1) is 11.6 Å². The zero-order valence-electron chi connectivity index (χ0n) is 8.92. The molecule has 1 aliphatic carbocycles. The van der Waals surface area contributed by atoms with Crippen LogP contribution in [-0.2, 0) is 0 Å². The predicted octanol–water partition coefficient (Wildman–Crippen LogP) is 2.91. The van der Waals surface area contributed by atoms with E-state index in [-0.39, 0.29) is 0 Å². The first-order valence-corrected chi connectivity index (χ1v) is 6.30. The quantitative estimate of drug-likeness (QED) is 0.841. The zero-order chi connectivity index (χ0) is 11.5. The average Bonchev–Trinajstić information content (AvgIpc) is 3.04. The highest BCUT2D eigenvalue weighted by Crippen LogP contribution is 2.28. The summed E-state index contributed by atoms with van der Waals surface area (Å²) >= 11 is 8.60. The van der Waals surface area contributed by atoms with Crippen LogP contribution in [0.3, 0.4) is 0 Å². The first kappa shape index (κ1) is 11.7. The number of nitrogens with one attached hydrogen (secondary N) is 2. The Labute approximate surface area is 109 Å². The van der Waals surface area contributed by atoms with Crippen LogP contribution in [-0.4, -0.2) is 18.3 Å². The van der Waals surface area contributed by atoms with Gasteiger partial charge in [0, 0.05) is 17.8 Å². The summed E-state index contributed by atoms with van der Waals surface area (Å²) < 4.78 is 6.14. The number of halogens is 1. The summed E-state index contributed by atoms with van der Waals surface area (Å²) in [5.74, 6) is 0.791. The maximum Gasteiger partial charge on any atom is 0.170 e. The summed E-state index contributed by atoms with van der Waals surface area (Å²) in [5.41, 5.74) is 0.929. The first-order valence-electron chi connectivity index (χ1n) is 5.10. The molecule has 1 aromatic carbocycles. The summed E-state index contributed by atoms with van der Waals surface area (Å²) in [7, 11) is 1.64. The Morgan fingerprint density at radius 3 is 2.88 bits per heavy atom. The Morgan fingerprint density at radius 2 is 2.25 bits per heavy atom. The molecule has 2 rings (SSSR count). The molecule has 0 spiro atoms. The van der Waals surface area contributed by atoms with Gasteiger partial charge in [-0.3, -0.25) is 0 Å². The van der Waals surface area contributed by atoms with E-state index in [4.69, 9.17) is 17.0 Å². The Hall–Kier alpha value is -0.810. The average molecular weight is 301 g/mol. The van der Waals surface area contributed by atoms with Crippen molar-refractivity contribution in [3.05, 3.63) is 22.7 Å². The van der Waals surface area contributed by atoms with Crippen molar-refractivity contribution in [2.45, 2.75) is 18.9 Å². The van der Waals surface area contributed by atoms with Gasteiger partial charge in [0.15, 0.2) is 5.11 Å². The van der Waals surface area contributed by atoms with Crippen molar-refractivity contribution < 1.29 is 4.74 Å². The van der Waals surface area contributed by atoms with Crippen molar-refractivity contribution in [3.8, 4) is 5.75 Å². The molecule has 1 aromatic rings. The molecule has 5 heteroatoms. The summed E-state index contributed by atoms with van der Waals surface area (Å²) in [6, 6.07) is 6.36. The van der Waals surface area contributed by atoms with Gasteiger partial charge in [0.1, 0.15) is 5.75 Å². The normalized spacial score (nSPS) is 14.4. The van der Waals surface area contributed by atoms with Crippen LogP contribution < -0.4 is 15.4 Å². The minimum Gasteiger partial charge on any atom is -0.495 e. The molecule has 0 heterocycles. The van der Waals surface area contributed by atoms with Gasteiger partial charge in [-0.2, -0.15) is 0 Å². The van der Waals surface area contributed by atoms with Crippen molar-refractivity contribution in [2.75, 3.05) is 12.4 Å². The van der Waals surface area contributed by atoms with Gasteiger partial charge >= 0.3 is 0 Å². The molecule has 3 nitrogen and oxygen atoms in total. The lowest BCUT2D eigenvalue weighted by atomic mass is 10.3. The number of methoxy groups -OCH3 is 1. The van der Waals surface area contributed by atoms with Crippen LogP contribution in [0.25, 0.3) is 0 Å². The molecule has 0 atom stereocenters. The lowest BCUT2D eigenvalue weighted by Crippen LogP contribution is -2.30. The van der Waals surface area contributed by atoms with Gasteiger partial charge in [0.25, 0.3) is 0 Å². The number of benzene rings is 1. The Bertz CT molecular complexity index is 407. The topological polar surface area (TPSA) is 33.3 Å². The van der Waals surface area contributed by atoms with Crippen LogP contribution >= 0.6 is 28.1 Å². The highest BCUT2D eigenvalue weighted by molar-refractivity contribution is 9.10. The molecule has 0 amide bonds. The Morgan fingerprint density at radius 1 is 1.50 bits per heavy atom. The number of rotatable bonds is 3. The van der Waals surface area contributed by atoms with Crippen molar-refractivity contribution in [2.24, 2.45) is 0 Å². The number of anilines is 1. The molecule has 1 saturated carbocycles. The van der Waals surface area contributed by atoms with E-state index < -0.39 is 0 Å². The van der Waals surface area contributed by atoms with Crippen LogP contribution in [0.4, 0.5) is 5.69 Å². The van der Waals surface area contributed by atoms with E-state index in [1.54, 1.807) is 7.11 Å². The molecule has 1 aliphatic rings. The number of thiocarbonyl (C=S) groups is 1. The van der Waals surface area contributed by atoms with Crippen molar-refractivity contribution in [1.29, 1.82) is 0 Å². The zero-order valence-corrected chi connectivity index (χ0v) is 11.3. The summed E-state index contributed by atoms with van der Waals surface area (Å²) in [6.45, 7) is 0. The van der Waals surface area contributed by atoms with Crippen LogP contribution in [0.1, 0.15) is 12.8 Å². The first-order chi connectivity index (χ1) is 7.69. The highest BCUT2D eigenvalue weighted by atomic mass is 79.9. The van der Waals surface area contributed by atoms with Gasteiger partial charge in [-0.05, 0) is 53.1 Å². The van der Waals surface area contributed by atoms with E-state index in [0.717, 1.165) is 15.9 Å². The molecular weight excluding hydrogens is 288 g/mol. The van der Waals surface area contributed by atoms with E-state index in [1.807, 2.05) is 18.2 Å². The second kappa shape index (κ2) is 5.01. The molecule has 0 unspecified atom stereocenters. The monoisotopic (exact) mass is 300 g/mol. The molecule has 0 radical (unpaired) electrons. The van der Waals surface area contributed by atoms with Gasteiger partial charge < -0.3 is 15.4 Å². The summed E-state index contributed by atoms with van der Waals surface area (Å²) in [4.78, 5) is 0. The molecule has 0 saturated heterocycles.